The summed E-state index contributed by atoms with van der Waals surface area (Å²) in [5.41, 5.74) is -0.0115. The van der Waals surface area contributed by atoms with E-state index in [-0.39, 0.29) is 27.6 Å². The van der Waals surface area contributed by atoms with Gasteiger partial charge in [0.15, 0.2) is 0 Å². The summed E-state index contributed by atoms with van der Waals surface area (Å²) in [7, 11) is 0. The number of rotatable bonds is 5. The minimum Gasteiger partial charge on any atom is -0.351 e. The number of nitrogens with one attached hydrogen (secondary N) is 1. The maximum absolute atomic E-state index is 11.9. The number of nitro groups is 1. The van der Waals surface area contributed by atoms with Crippen molar-refractivity contribution in [2.45, 2.75) is 12.8 Å². The lowest BCUT2D eigenvalue weighted by molar-refractivity contribution is -0.384. The standard InChI is InChI=1S/C12H12Cl2N2O3/c13-6-12(1-2-12)7-15-11(17)8-3-9(14)5-10(4-8)16(18)19/h3-5H,1-2,6-7H2,(H,15,17). The summed E-state index contributed by atoms with van der Waals surface area (Å²) in [5, 5.41) is 13.6. The van der Waals surface area contributed by atoms with Gasteiger partial charge in [0.25, 0.3) is 11.6 Å². The number of halogens is 2. The molecule has 5 nitrogen and oxygen atoms in total. The van der Waals surface area contributed by atoms with Crippen molar-refractivity contribution in [2.75, 3.05) is 12.4 Å². The summed E-state index contributed by atoms with van der Waals surface area (Å²) in [6.45, 7) is 0.482. The maximum atomic E-state index is 11.9. The molecule has 19 heavy (non-hydrogen) atoms. The van der Waals surface area contributed by atoms with Gasteiger partial charge in [-0.1, -0.05) is 11.6 Å². The van der Waals surface area contributed by atoms with Crippen molar-refractivity contribution in [1.82, 2.24) is 5.32 Å². The molecule has 0 bridgehead atoms. The van der Waals surface area contributed by atoms with E-state index in [4.69, 9.17) is 23.2 Å². The number of carbonyl (C=O) groups excluding carboxylic acids is 1. The normalized spacial score (nSPS) is 15.9. The zero-order valence-electron chi connectivity index (χ0n) is 9.99. The Hall–Kier alpha value is -1.33. The molecule has 1 aliphatic carbocycles. The molecule has 0 heterocycles. The largest absolute Gasteiger partial charge is 0.351 e. The Kier molecular flexibility index (Phi) is 3.96. The highest BCUT2D eigenvalue weighted by Gasteiger charge is 2.41. The molecule has 1 aromatic rings. The van der Waals surface area contributed by atoms with Crippen LogP contribution in [0.1, 0.15) is 23.2 Å². The van der Waals surface area contributed by atoms with Crippen LogP contribution in [0.2, 0.25) is 5.02 Å². The molecule has 1 fully saturated rings. The summed E-state index contributed by atoms with van der Waals surface area (Å²) in [6.07, 6.45) is 1.99. The monoisotopic (exact) mass is 302 g/mol. The predicted molar refractivity (Wildman–Crippen MR) is 72.8 cm³/mol. The van der Waals surface area contributed by atoms with E-state index >= 15 is 0 Å². The molecule has 0 radical (unpaired) electrons. The van der Waals surface area contributed by atoms with Crippen LogP contribution < -0.4 is 5.32 Å². The molecule has 1 saturated carbocycles. The van der Waals surface area contributed by atoms with Gasteiger partial charge in [-0.25, -0.2) is 0 Å². The SMILES string of the molecule is O=C(NCC1(CCl)CC1)c1cc(Cl)cc([N+](=O)[O-])c1. The molecular weight excluding hydrogens is 291 g/mol. The third-order valence-corrected chi connectivity index (χ3v) is 4.01. The predicted octanol–water partition coefficient (Wildman–Crippen LogP) is 3.00. The van der Waals surface area contributed by atoms with E-state index in [0.29, 0.717) is 12.4 Å². The van der Waals surface area contributed by atoms with Crippen LogP contribution in [0.4, 0.5) is 5.69 Å². The number of hydrogen-bond donors (Lipinski definition) is 1. The second kappa shape index (κ2) is 5.35. The van der Waals surface area contributed by atoms with Gasteiger partial charge in [-0.3, -0.25) is 14.9 Å². The van der Waals surface area contributed by atoms with E-state index in [1.54, 1.807) is 0 Å². The lowest BCUT2D eigenvalue weighted by Crippen LogP contribution is -2.31. The van der Waals surface area contributed by atoms with Gasteiger partial charge < -0.3 is 5.32 Å². The second-order valence-corrected chi connectivity index (χ2v) is 5.48. The molecule has 7 heteroatoms. The summed E-state index contributed by atoms with van der Waals surface area (Å²) >= 11 is 11.6. The number of amides is 1. The van der Waals surface area contributed by atoms with Crippen LogP contribution in [0.5, 0.6) is 0 Å². The van der Waals surface area contributed by atoms with Crippen molar-refractivity contribution in [3.8, 4) is 0 Å². The molecule has 0 spiro atoms. The van der Waals surface area contributed by atoms with Crippen molar-refractivity contribution in [3.05, 3.63) is 38.9 Å². The Morgan fingerprint density at radius 3 is 2.63 bits per heavy atom. The fourth-order valence-electron chi connectivity index (χ4n) is 1.71. The number of nitro benzene ring substituents is 1. The highest BCUT2D eigenvalue weighted by atomic mass is 35.5. The van der Waals surface area contributed by atoms with Gasteiger partial charge in [0.05, 0.1) is 4.92 Å². The van der Waals surface area contributed by atoms with Gasteiger partial charge in [0, 0.05) is 40.6 Å². The van der Waals surface area contributed by atoms with E-state index in [9.17, 15) is 14.9 Å². The van der Waals surface area contributed by atoms with Crippen molar-refractivity contribution in [1.29, 1.82) is 0 Å². The first-order chi connectivity index (χ1) is 8.96. The average molecular weight is 303 g/mol. The molecule has 0 aromatic heterocycles. The zero-order valence-corrected chi connectivity index (χ0v) is 11.5. The first kappa shape index (κ1) is 14.1. The molecule has 1 aromatic carbocycles. The summed E-state index contributed by atoms with van der Waals surface area (Å²) in [5.74, 6) is 0.130. The highest BCUT2D eigenvalue weighted by molar-refractivity contribution is 6.31. The molecule has 0 aliphatic heterocycles. The lowest BCUT2D eigenvalue weighted by atomic mass is 10.1. The molecule has 1 amide bonds. The number of nitrogens with zero attached hydrogens (tertiary/aromatic N) is 1. The number of non-ortho nitro benzene ring substituents is 1. The number of benzene rings is 1. The zero-order chi connectivity index (χ0) is 14.0. The van der Waals surface area contributed by atoms with Gasteiger partial charge in [-0.05, 0) is 18.9 Å². The fraction of sp³-hybridized carbons (Fsp3) is 0.417. The Bertz CT molecular complexity index is 530. The minimum atomic E-state index is -0.580. The van der Waals surface area contributed by atoms with Crippen LogP contribution in [0, 0.1) is 15.5 Å². The minimum absolute atomic E-state index is 0.00171. The molecule has 1 N–H and O–H groups in total. The van der Waals surface area contributed by atoms with Gasteiger partial charge in [0.2, 0.25) is 0 Å². The van der Waals surface area contributed by atoms with Gasteiger partial charge in [0.1, 0.15) is 0 Å². The second-order valence-electron chi connectivity index (χ2n) is 4.77. The summed E-state index contributed by atoms with van der Waals surface area (Å²) in [4.78, 5) is 22.0. The third kappa shape index (κ3) is 3.36. The van der Waals surface area contributed by atoms with Crippen LogP contribution >= 0.6 is 23.2 Å². The van der Waals surface area contributed by atoms with E-state index in [2.05, 4.69) is 5.32 Å². The Morgan fingerprint density at radius 1 is 1.42 bits per heavy atom. The fourth-order valence-corrected chi connectivity index (χ4v) is 2.31. The molecule has 0 atom stereocenters. The smallest absolute Gasteiger partial charge is 0.271 e. The van der Waals surface area contributed by atoms with Crippen molar-refractivity contribution >= 4 is 34.8 Å². The van der Waals surface area contributed by atoms with Crippen molar-refractivity contribution < 1.29 is 9.72 Å². The molecule has 0 saturated heterocycles. The molecule has 102 valence electrons. The summed E-state index contributed by atoms with van der Waals surface area (Å²) in [6, 6.07) is 3.82. The first-order valence-electron chi connectivity index (χ1n) is 5.75. The van der Waals surface area contributed by atoms with Crippen LogP contribution in [0.25, 0.3) is 0 Å². The van der Waals surface area contributed by atoms with Gasteiger partial charge in [-0.15, -0.1) is 11.6 Å². The van der Waals surface area contributed by atoms with Crippen molar-refractivity contribution in [2.24, 2.45) is 5.41 Å². The van der Waals surface area contributed by atoms with E-state index in [1.165, 1.54) is 18.2 Å². The summed E-state index contributed by atoms with van der Waals surface area (Å²) < 4.78 is 0. The quantitative estimate of drug-likeness (QED) is 0.516. The van der Waals surface area contributed by atoms with E-state index < -0.39 is 4.92 Å². The first-order valence-corrected chi connectivity index (χ1v) is 6.66. The lowest BCUT2D eigenvalue weighted by Gasteiger charge is -2.12. The van der Waals surface area contributed by atoms with Crippen LogP contribution in [-0.4, -0.2) is 23.3 Å². The number of hydrogen-bond acceptors (Lipinski definition) is 3. The maximum Gasteiger partial charge on any atom is 0.271 e. The Balaban J connectivity index is 2.08. The number of carbonyl (C=O) groups is 1. The van der Waals surface area contributed by atoms with E-state index in [1.807, 2.05) is 0 Å². The molecule has 2 rings (SSSR count). The van der Waals surface area contributed by atoms with Crippen LogP contribution in [0.3, 0.4) is 0 Å². The Morgan fingerprint density at radius 2 is 2.11 bits per heavy atom. The topological polar surface area (TPSA) is 72.2 Å². The van der Waals surface area contributed by atoms with Crippen molar-refractivity contribution in [3.63, 3.8) is 0 Å². The van der Waals surface area contributed by atoms with E-state index in [0.717, 1.165) is 12.8 Å². The Labute approximate surface area is 120 Å². The highest BCUT2D eigenvalue weighted by Crippen LogP contribution is 2.45. The molecule has 1 aliphatic rings. The average Bonchev–Trinajstić information content (AvgIpc) is 3.16. The van der Waals surface area contributed by atoms with Crippen LogP contribution in [-0.2, 0) is 0 Å². The molecular formula is C12H12Cl2N2O3. The number of alkyl halides is 1. The third-order valence-electron chi connectivity index (χ3n) is 3.22. The van der Waals surface area contributed by atoms with Gasteiger partial charge in [-0.2, -0.15) is 0 Å². The van der Waals surface area contributed by atoms with Gasteiger partial charge >= 0.3 is 0 Å². The molecule has 0 unspecified atom stereocenters. The van der Waals surface area contributed by atoms with Crippen LogP contribution in [0.15, 0.2) is 18.2 Å².